The van der Waals surface area contributed by atoms with Crippen molar-refractivity contribution in [1.82, 2.24) is 5.32 Å². The summed E-state index contributed by atoms with van der Waals surface area (Å²) in [7, 11) is 0. The van der Waals surface area contributed by atoms with E-state index >= 15 is 0 Å². The van der Waals surface area contributed by atoms with Crippen molar-refractivity contribution in [2.45, 2.75) is 33.2 Å². The van der Waals surface area contributed by atoms with Crippen LogP contribution in [0.15, 0.2) is 48.5 Å². The lowest BCUT2D eigenvalue weighted by Gasteiger charge is -2.15. The molecule has 20 heavy (non-hydrogen) atoms. The monoisotopic (exact) mass is 267 g/mol. The summed E-state index contributed by atoms with van der Waals surface area (Å²) in [5.41, 5.74) is 4.24. The molecule has 1 N–H and O–H groups in total. The average Bonchev–Trinajstić information content (AvgIpc) is 2.47. The predicted molar refractivity (Wildman–Crippen MR) is 82.9 cm³/mol. The van der Waals surface area contributed by atoms with Gasteiger partial charge in [-0.15, -0.1) is 0 Å². The van der Waals surface area contributed by atoms with Gasteiger partial charge in [0.2, 0.25) is 0 Å². The molecule has 2 rings (SSSR count). The minimum atomic E-state index is -0.0271. The molecule has 2 aromatic carbocycles. The quantitative estimate of drug-likeness (QED) is 0.889. The van der Waals surface area contributed by atoms with Gasteiger partial charge in [0, 0.05) is 5.56 Å². The zero-order chi connectivity index (χ0) is 14.5. The van der Waals surface area contributed by atoms with Gasteiger partial charge in [0.1, 0.15) is 0 Å². The molecule has 0 aliphatic heterocycles. The molecule has 0 aliphatic rings. The standard InChI is InChI=1S/C18H21NO/c1-4-15-8-10-16(11-9-15)14(3)19-18(20)17-7-5-6-13(2)12-17/h5-12,14H,4H2,1-3H3,(H,19,20)/t14-/m0/s1. The summed E-state index contributed by atoms with van der Waals surface area (Å²) in [4.78, 5) is 12.2. The van der Waals surface area contributed by atoms with E-state index in [1.165, 1.54) is 5.56 Å². The first kappa shape index (κ1) is 14.3. The maximum absolute atomic E-state index is 12.2. The Morgan fingerprint density at radius 1 is 1.15 bits per heavy atom. The molecular weight excluding hydrogens is 246 g/mol. The van der Waals surface area contributed by atoms with Crippen molar-refractivity contribution in [2.24, 2.45) is 0 Å². The molecule has 0 unspecified atom stereocenters. The molecule has 0 bridgehead atoms. The largest absolute Gasteiger partial charge is 0.346 e. The molecule has 0 saturated heterocycles. The molecule has 2 nitrogen and oxygen atoms in total. The van der Waals surface area contributed by atoms with Gasteiger partial charge in [0.15, 0.2) is 0 Å². The van der Waals surface area contributed by atoms with Gasteiger partial charge in [-0.05, 0) is 43.5 Å². The Balaban J connectivity index is 2.06. The fraction of sp³-hybridized carbons (Fsp3) is 0.278. The lowest BCUT2D eigenvalue weighted by molar-refractivity contribution is 0.0940. The van der Waals surface area contributed by atoms with Crippen molar-refractivity contribution in [3.05, 3.63) is 70.8 Å². The molecule has 1 amide bonds. The van der Waals surface area contributed by atoms with Gasteiger partial charge in [-0.3, -0.25) is 4.79 Å². The fourth-order valence-electron chi connectivity index (χ4n) is 2.19. The van der Waals surface area contributed by atoms with Crippen LogP contribution in [0.1, 0.15) is 46.9 Å². The molecule has 0 spiro atoms. The van der Waals surface area contributed by atoms with E-state index in [1.807, 2.05) is 38.1 Å². The summed E-state index contributed by atoms with van der Waals surface area (Å²) in [5.74, 6) is -0.0271. The maximum Gasteiger partial charge on any atom is 0.251 e. The van der Waals surface area contributed by atoms with Crippen LogP contribution in [0.25, 0.3) is 0 Å². The van der Waals surface area contributed by atoms with E-state index in [2.05, 4.69) is 36.5 Å². The second-order valence-corrected chi connectivity index (χ2v) is 5.16. The molecule has 0 radical (unpaired) electrons. The topological polar surface area (TPSA) is 29.1 Å². The van der Waals surface area contributed by atoms with E-state index in [1.54, 1.807) is 0 Å². The molecule has 0 aliphatic carbocycles. The highest BCUT2D eigenvalue weighted by molar-refractivity contribution is 5.94. The van der Waals surface area contributed by atoms with Gasteiger partial charge >= 0.3 is 0 Å². The van der Waals surface area contributed by atoms with Gasteiger partial charge in [-0.2, -0.15) is 0 Å². The first-order valence-corrected chi connectivity index (χ1v) is 7.06. The van der Waals surface area contributed by atoms with E-state index in [-0.39, 0.29) is 11.9 Å². The van der Waals surface area contributed by atoms with Crippen LogP contribution in [0.4, 0.5) is 0 Å². The number of nitrogens with one attached hydrogen (secondary N) is 1. The van der Waals surface area contributed by atoms with Crippen LogP contribution in [0, 0.1) is 6.92 Å². The van der Waals surface area contributed by atoms with E-state index in [0.717, 1.165) is 17.5 Å². The Morgan fingerprint density at radius 3 is 2.45 bits per heavy atom. The Hall–Kier alpha value is -2.09. The molecule has 0 heterocycles. The number of hydrogen-bond donors (Lipinski definition) is 1. The highest BCUT2D eigenvalue weighted by Crippen LogP contribution is 2.15. The van der Waals surface area contributed by atoms with Crippen molar-refractivity contribution in [3.63, 3.8) is 0 Å². The first-order valence-electron chi connectivity index (χ1n) is 7.06. The van der Waals surface area contributed by atoms with Gasteiger partial charge < -0.3 is 5.32 Å². The van der Waals surface area contributed by atoms with Crippen LogP contribution < -0.4 is 5.32 Å². The van der Waals surface area contributed by atoms with Crippen molar-refractivity contribution >= 4 is 5.91 Å². The Kier molecular flexibility index (Phi) is 4.57. The summed E-state index contributed by atoms with van der Waals surface area (Å²) in [6.07, 6.45) is 1.03. The molecular formula is C18H21NO. The third-order valence-electron chi connectivity index (χ3n) is 3.52. The lowest BCUT2D eigenvalue weighted by atomic mass is 10.0. The molecule has 104 valence electrons. The highest BCUT2D eigenvalue weighted by atomic mass is 16.1. The average molecular weight is 267 g/mol. The van der Waals surface area contributed by atoms with Crippen molar-refractivity contribution in [3.8, 4) is 0 Å². The van der Waals surface area contributed by atoms with Crippen LogP contribution in [0.5, 0.6) is 0 Å². The van der Waals surface area contributed by atoms with Crippen LogP contribution in [0.3, 0.4) is 0 Å². The van der Waals surface area contributed by atoms with Gasteiger partial charge in [-0.1, -0.05) is 48.9 Å². The molecule has 0 aromatic heterocycles. The van der Waals surface area contributed by atoms with E-state index in [0.29, 0.717) is 5.56 Å². The molecule has 0 saturated carbocycles. The van der Waals surface area contributed by atoms with Crippen LogP contribution in [-0.4, -0.2) is 5.91 Å². The maximum atomic E-state index is 12.2. The number of aryl methyl sites for hydroxylation is 2. The normalized spacial score (nSPS) is 11.9. The van der Waals surface area contributed by atoms with Crippen LogP contribution in [0.2, 0.25) is 0 Å². The third kappa shape index (κ3) is 3.47. The minimum absolute atomic E-state index is 0.00826. The Bertz CT molecular complexity index is 587. The number of benzene rings is 2. The summed E-state index contributed by atoms with van der Waals surface area (Å²) in [6.45, 7) is 6.14. The van der Waals surface area contributed by atoms with Crippen molar-refractivity contribution in [1.29, 1.82) is 0 Å². The molecule has 2 aromatic rings. The molecule has 2 heteroatoms. The first-order chi connectivity index (χ1) is 9.60. The lowest BCUT2D eigenvalue weighted by Crippen LogP contribution is -2.26. The van der Waals surface area contributed by atoms with Crippen molar-refractivity contribution < 1.29 is 4.79 Å². The second-order valence-electron chi connectivity index (χ2n) is 5.16. The Morgan fingerprint density at radius 2 is 1.85 bits per heavy atom. The molecule has 0 fully saturated rings. The van der Waals surface area contributed by atoms with Crippen LogP contribution in [-0.2, 0) is 6.42 Å². The Labute approximate surface area is 120 Å². The minimum Gasteiger partial charge on any atom is -0.346 e. The van der Waals surface area contributed by atoms with Gasteiger partial charge in [0.25, 0.3) is 5.91 Å². The smallest absolute Gasteiger partial charge is 0.251 e. The zero-order valence-corrected chi connectivity index (χ0v) is 12.3. The fourth-order valence-corrected chi connectivity index (χ4v) is 2.19. The predicted octanol–water partition coefficient (Wildman–Crippen LogP) is 4.05. The highest BCUT2D eigenvalue weighted by Gasteiger charge is 2.11. The van der Waals surface area contributed by atoms with Gasteiger partial charge in [-0.25, -0.2) is 0 Å². The van der Waals surface area contributed by atoms with Crippen molar-refractivity contribution in [2.75, 3.05) is 0 Å². The summed E-state index contributed by atoms with van der Waals surface area (Å²) in [5, 5.41) is 3.04. The number of hydrogen-bond acceptors (Lipinski definition) is 1. The molecule has 1 atom stereocenters. The SMILES string of the molecule is CCc1ccc([C@H](C)NC(=O)c2cccc(C)c2)cc1. The third-order valence-corrected chi connectivity index (χ3v) is 3.52. The summed E-state index contributed by atoms with van der Waals surface area (Å²) >= 11 is 0. The summed E-state index contributed by atoms with van der Waals surface area (Å²) in [6, 6.07) is 16.1. The van der Waals surface area contributed by atoms with E-state index in [4.69, 9.17) is 0 Å². The summed E-state index contributed by atoms with van der Waals surface area (Å²) < 4.78 is 0. The van der Waals surface area contributed by atoms with E-state index < -0.39 is 0 Å². The number of carbonyl (C=O) groups is 1. The van der Waals surface area contributed by atoms with Crippen LogP contribution >= 0.6 is 0 Å². The second kappa shape index (κ2) is 6.38. The van der Waals surface area contributed by atoms with E-state index in [9.17, 15) is 4.79 Å². The number of amides is 1. The number of carbonyl (C=O) groups excluding carboxylic acids is 1. The van der Waals surface area contributed by atoms with Gasteiger partial charge in [0.05, 0.1) is 6.04 Å². The number of rotatable bonds is 4. The zero-order valence-electron chi connectivity index (χ0n) is 12.3.